The van der Waals surface area contributed by atoms with Crippen LogP contribution in [0.4, 0.5) is 0 Å². The lowest BCUT2D eigenvalue weighted by Gasteiger charge is -2.28. The lowest BCUT2D eigenvalue weighted by molar-refractivity contribution is -0.145. The number of carboxylic acids is 1. The molecule has 136 valence electrons. The molecule has 0 aliphatic heterocycles. The quantitative estimate of drug-likeness (QED) is 0.401. The smallest absolute Gasteiger partial charge is 0.329 e. The summed E-state index contributed by atoms with van der Waals surface area (Å²) in [6.07, 6.45) is 20.2. The van der Waals surface area contributed by atoms with E-state index in [2.05, 4.69) is 6.92 Å². The summed E-state index contributed by atoms with van der Waals surface area (Å²) < 4.78 is 5.40. The van der Waals surface area contributed by atoms with E-state index in [0.29, 0.717) is 0 Å². The van der Waals surface area contributed by atoms with Crippen LogP contribution < -0.4 is 0 Å². The molecule has 3 nitrogen and oxygen atoms in total. The van der Waals surface area contributed by atoms with Gasteiger partial charge in [-0.15, -0.1) is 0 Å². The third-order valence-electron chi connectivity index (χ3n) is 5.20. The Kier molecular flexibility index (Phi) is 12.3. The van der Waals surface area contributed by atoms with Gasteiger partial charge in [-0.05, 0) is 31.6 Å². The van der Waals surface area contributed by atoms with Crippen LogP contribution in [-0.4, -0.2) is 23.8 Å². The van der Waals surface area contributed by atoms with E-state index in [9.17, 15) is 4.79 Å². The highest BCUT2D eigenvalue weighted by atomic mass is 16.5. The minimum atomic E-state index is -0.850. The Balaban J connectivity index is 1.85. The van der Waals surface area contributed by atoms with Gasteiger partial charge in [0.25, 0.3) is 0 Å². The molecule has 0 radical (unpaired) electrons. The Bertz CT molecular complexity index is 283. The average Bonchev–Trinajstić information content (AvgIpc) is 2.55. The van der Waals surface area contributed by atoms with E-state index in [0.717, 1.165) is 18.8 Å². The number of ether oxygens (including phenoxy) is 1. The Labute approximate surface area is 143 Å². The fourth-order valence-electron chi connectivity index (χ4n) is 3.70. The summed E-state index contributed by atoms with van der Waals surface area (Å²) in [5.74, 6) is 0.00575. The van der Waals surface area contributed by atoms with Gasteiger partial charge in [-0.1, -0.05) is 77.6 Å². The number of carboxylic acid groups (broad SMARTS) is 1. The molecule has 1 fully saturated rings. The van der Waals surface area contributed by atoms with Crippen LogP contribution in [0, 0.1) is 5.92 Å². The molecule has 0 heterocycles. The van der Waals surface area contributed by atoms with Gasteiger partial charge in [-0.2, -0.15) is 0 Å². The van der Waals surface area contributed by atoms with Crippen LogP contribution in [0.3, 0.4) is 0 Å². The molecule has 0 aromatic carbocycles. The zero-order valence-corrected chi connectivity index (χ0v) is 15.2. The van der Waals surface area contributed by atoms with E-state index < -0.39 is 5.97 Å². The first-order valence-electron chi connectivity index (χ1n) is 10.1. The minimum absolute atomic E-state index is 0.131. The number of hydrogen-bond donors (Lipinski definition) is 1. The first kappa shape index (κ1) is 20.5. The van der Waals surface area contributed by atoms with Crippen LogP contribution in [0.15, 0.2) is 0 Å². The molecule has 0 amide bonds. The van der Waals surface area contributed by atoms with Crippen molar-refractivity contribution in [2.75, 3.05) is 6.61 Å². The summed E-state index contributed by atoms with van der Waals surface area (Å²) in [6.45, 7) is 2.14. The molecule has 0 atom stereocenters. The molecule has 1 N–H and O–H groups in total. The van der Waals surface area contributed by atoms with Gasteiger partial charge in [0, 0.05) is 0 Å². The van der Waals surface area contributed by atoms with Crippen molar-refractivity contribution in [3.05, 3.63) is 0 Å². The number of hydrogen-bond acceptors (Lipinski definition) is 2. The third-order valence-corrected chi connectivity index (χ3v) is 5.20. The van der Waals surface area contributed by atoms with E-state index in [-0.39, 0.29) is 12.7 Å². The summed E-state index contributed by atoms with van der Waals surface area (Å²) in [5, 5.41) is 8.63. The zero-order valence-electron chi connectivity index (χ0n) is 15.2. The molecule has 1 saturated carbocycles. The molecule has 0 bridgehead atoms. The van der Waals surface area contributed by atoms with Crippen molar-refractivity contribution in [2.45, 2.75) is 109 Å². The Morgan fingerprint density at radius 2 is 1.39 bits per heavy atom. The summed E-state index contributed by atoms with van der Waals surface area (Å²) in [4.78, 5) is 10.5. The molecule has 3 heteroatoms. The van der Waals surface area contributed by atoms with Crippen molar-refractivity contribution in [1.29, 1.82) is 0 Å². The van der Waals surface area contributed by atoms with Crippen LogP contribution in [0.25, 0.3) is 0 Å². The monoisotopic (exact) mass is 326 g/mol. The Morgan fingerprint density at radius 3 is 1.91 bits per heavy atom. The summed E-state index contributed by atoms with van der Waals surface area (Å²) in [7, 11) is 0. The van der Waals surface area contributed by atoms with Crippen molar-refractivity contribution >= 4 is 5.97 Å². The van der Waals surface area contributed by atoms with Crippen molar-refractivity contribution in [3.8, 4) is 0 Å². The van der Waals surface area contributed by atoms with Crippen LogP contribution in [0.1, 0.15) is 103 Å². The second kappa shape index (κ2) is 13.8. The van der Waals surface area contributed by atoms with Crippen LogP contribution in [-0.2, 0) is 9.53 Å². The molecule has 1 aliphatic rings. The SMILES string of the molecule is CCCCCCCCCCCCC1CCC(OCC(=O)O)CC1. The topological polar surface area (TPSA) is 46.5 Å². The standard InChI is InChI=1S/C20H38O3/c1-2-3-4-5-6-7-8-9-10-11-12-18-13-15-19(16-14-18)23-17-20(21)22/h18-19H,2-17H2,1H3,(H,21,22). The highest BCUT2D eigenvalue weighted by Crippen LogP contribution is 2.30. The lowest BCUT2D eigenvalue weighted by atomic mass is 9.84. The number of unbranched alkanes of at least 4 members (excludes halogenated alkanes) is 9. The summed E-state index contributed by atoms with van der Waals surface area (Å²) in [5.41, 5.74) is 0. The highest BCUT2D eigenvalue weighted by molar-refractivity contribution is 5.68. The molecule has 0 saturated heterocycles. The maximum atomic E-state index is 10.5. The molecule has 23 heavy (non-hydrogen) atoms. The lowest BCUT2D eigenvalue weighted by Crippen LogP contribution is -2.24. The average molecular weight is 327 g/mol. The van der Waals surface area contributed by atoms with E-state index in [4.69, 9.17) is 9.84 Å². The van der Waals surface area contributed by atoms with Crippen LogP contribution in [0.2, 0.25) is 0 Å². The van der Waals surface area contributed by atoms with Gasteiger partial charge in [-0.25, -0.2) is 4.79 Å². The number of aliphatic carboxylic acids is 1. The second-order valence-corrected chi connectivity index (χ2v) is 7.32. The highest BCUT2D eigenvalue weighted by Gasteiger charge is 2.21. The Morgan fingerprint density at radius 1 is 0.870 bits per heavy atom. The Hall–Kier alpha value is -0.570. The number of rotatable bonds is 14. The molecule has 0 unspecified atom stereocenters. The fraction of sp³-hybridized carbons (Fsp3) is 0.950. The van der Waals surface area contributed by atoms with E-state index in [1.807, 2.05) is 0 Å². The molecule has 1 aliphatic carbocycles. The third kappa shape index (κ3) is 11.6. The van der Waals surface area contributed by atoms with Crippen molar-refractivity contribution < 1.29 is 14.6 Å². The molecular weight excluding hydrogens is 288 g/mol. The minimum Gasteiger partial charge on any atom is -0.480 e. The summed E-state index contributed by atoms with van der Waals surface area (Å²) >= 11 is 0. The van der Waals surface area contributed by atoms with Crippen LogP contribution >= 0.6 is 0 Å². The predicted molar refractivity (Wildman–Crippen MR) is 95.8 cm³/mol. The van der Waals surface area contributed by atoms with Gasteiger partial charge in [-0.3, -0.25) is 0 Å². The van der Waals surface area contributed by atoms with Crippen molar-refractivity contribution in [2.24, 2.45) is 5.92 Å². The van der Waals surface area contributed by atoms with Crippen molar-refractivity contribution in [1.82, 2.24) is 0 Å². The fourth-order valence-corrected chi connectivity index (χ4v) is 3.70. The largest absolute Gasteiger partial charge is 0.480 e. The molecule has 1 rings (SSSR count). The van der Waals surface area contributed by atoms with E-state index >= 15 is 0 Å². The van der Waals surface area contributed by atoms with E-state index in [1.165, 1.54) is 83.5 Å². The summed E-state index contributed by atoms with van der Waals surface area (Å²) in [6, 6.07) is 0. The molecular formula is C20H38O3. The van der Waals surface area contributed by atoms with Gasteiger partial charge in [0.2, 0.25) is 0 Å². The van der Waals surface area contributed by atoms with Gasteiger partial charge in [0.1, 0.15) is 6.61 Å². The van der Waals surface area contributed by atoms with Gasteiger partial charge in [0.05, 0.1) is 6.10 Å². The van der Waals surface area contributed by atoms with Crippen molar-refractivity contribution in [3.63, 3.8) is 0 Å². The maximum absolute atomic E-state index is 10.5. The predicted octanol–water partition coefficient (Wildman–Crippen LogP) is 5.96. The molecule has 0 spiro atoms. The maximum Gasteiger partial charge on any atom is 0.329 e. The zero-order chi connectivity index (χ0) is 16.8. The van der Waals surface area contributed by atoms with E-state index in [1.54, 1.807) is 0 Å². The van der Waals surface area contributed by atoms with Gasteiger partial charge in [0.15, 0.2) is 0 Å². The first-order valence-corrected chi connectivity index (χ1v) is 10.1. The normalized spacial score (nSPS) is 21.4. The molecule has 0 aromatic heterocycles. The van der Waals surface area contributed by atoms with Gasteiger partial charge >= 0.3 is 5.97 Å². The van der Waals surface area contributed by atoms with Crippen LogP contribution in [0.5, 0.6) is 0 Å². The molecule has 0 aromatic rings. The second-order valence-electron chi connectivity index (χ2n) is 7.32. The first-order chi connectivity index (χ1) is 11.2. The van der Waals surface area contributed by atoms with Gasteiger partial charge < -0.3 is 9.84 Å². The number of carbonyl (C=O) groups is 1.